The molecule has 3 N–H and O–H groups in total. The Morgan fingerprint density at radius 3 is 2.19 bits per heavy atom. The minimum atomic E-state index is -0.502. The van der Waals surface area contributed by atoms with Crippen LogP contribution < -0.4 is 16.5 Å². The highest BCUT2D eigenvalue weighted by Gasteiger charge is 2.51. The summed E-state index contributed by atoms with van der Waals surface area (Å²) in [6.07, 6.45) is 0. The molecule has 2 rings (SSSR count). The highest BCUT2D eigenvalue weighted by molar-refractivity contribution is 6.62. The second-order valence-electron chi connectivity index (χ2n) is 6.47. The van der Waals surface area contributed by atoms with E-state index in [1.165, 1.54) is 0 Å². The summed E-state index contributed by atoms with van der Waals surface area (Å²) in [5, 5.41) is 2.60. The van der Waals surface area contributed by atoms with Crippen LogP contribution in [0.5, 0.6) is 0 Å². The Morgan fingerprint density at radius 2 is 1.71 bits per heavy atom. The molecule has 5 nitrogen and oxygen atoms in total. The molecular formula is C15H23BN2O3. The average molecular weight is 290 g/mol. The summed E-state index contributed by atoms with van der Waals surface area (Å²) in [6.45, 7) is 9.86. The van der Waals surface area contributed by atoms with Crippen molar-refractivity contribution in [3.8, 4) is 0 Å². The average Bonchev–Trinajstić information content (AvgIpc) is 2.60. The molecule has 0 atom stereocenters. The Kier molecular flexibility index (Phi) is 3.80. The number of anilines is 1. The second-order valence-corrected chi connectivity index (χ2v) is 6.47. The third-order valence-corrected chi connectivity index (χ3v) is 4.41. The molecule has 0 aliphatic carbocycles. The van der Waals surface area contributed by atoms with Crippen LogP contribution in [0.2, 0.25) is 0 Å². The van der Waals surface area contributed by atoms with E-state index in [-0.39, 0.29) is 5.91 Å². The molecule has 1 saturated heterocycles. The first-order valence-corrected chi connectivity index (χ1v) is 7.07. The van der Waals surface area contributed by atoms with E-state index in [0.717, 1.165) is 11.0 Å². The second kappa shape index (κ2) is 5.03. The Bertz CT molecular complexity index is 569. The molecule has 0 saturated carbocycles. The van der Waals surface area contributed by atoms with Crippen molar-refractivity contribution in [1.29, 1.82) is 0 Å². The van der Waals surface area contributed by atoms with Crippen LogP contribution in [-0.4, -0.2) is 31.3 Å². The van der Waals surface area contributed by atoms with E-state index in [0.29, 0.717) is 11.3 Å². The highest BCUT2D eigenvalue weighted by Crippen LogP contribution is 2.36. The Labute approximate surface area is 126 Å². The lowest BCUT2D eigenvalue weighted by Gasteiger charge is -2.32. The van der Waals surface area contributed by atoms with E-state index in [2.05, 4.69) is 5.32 Å². The standard InChI is InChI=1S/C15H23BN2O3/c1-9-7-10(8-11(12(9)17)13(19)18-6)16-20-14(2,3)15(4,5)21-16/h7-8H,17H2,1-6H3,(H,18,19). The predicted octanol–water partition coefficient (Wildman–Crippen LogP) is 1.24. The number of hydrogen-bond acceptors (Lipinski definition) is 4. The number of nitrogens with one attached hydrogen (secondary N) is 1. The number of hydrogen-bond donors (Lipinski definition) is 2. The van der Waals surface area contributed by atoms with E-state index in [9.17, 15) is 4.79 Å². The van der Waals surface area contributed by atoms with Crippen LogP contribution in [0.25, 0.3) is 0 Å². The van der Waals surface area contributed by atoms with E-state index in [1.54, 1.807) is 13.1 Å². The molecule has 1 fully saturated rings. The van der Waals surface area contributed by atoms with Gasteiger partial charge in [0.2, 0.25) is 0 Å². The number of benzene rings is 1. The van der Waals surface area contributed by atoms with Gasteiger partial charge in [0.05, 0.1) is 16.8 Å². The third kappa shape index (κ3) is 2.65. The van der Waals surface area contributed by atoms with Gasteiger partial charge in [-0.15, -0.1) is 0 Å². The zero-order valence-electron chi connectivity index (χ0n) is 13.5. The van der Waals surface area contributed by atoms with Gasteiger partial charge in [-0.3, -0.25) is 4.79 Å². The normalized spacial score (nSPS) is 19.6. The Hall–Kier alpha value is -1.53. The maximum Gasteiger partial charge on any atom is 0.494 e. The monoisotopic (exact) mass is 290 g/mol. The summed E-state index contributed by atoms with van der Waals surface area (Å²) < 4.78 is 12.0. The van der Waals surface area contributed by atoms with Gasteiger partial charge in [0.1, 0.15) is 0 Å². The van der Waals surface area contributed by atoms with Crippen LogP contribution in [0.4, 0.5) is 5.69 Å². The van der Waals surface area contributed by atoms with Gasteiger partial charge in [0.15, 0.2) is 0 Å². The highest BCUT2D eigenvalue weighted by atomic mass is 16.7. The summed E-state index contributed by atoms with van der Waals surface area (Å²) in [7, 11) is 1.08. The SMILES string of the molecule is CNC(=O)c1cc(B2OC(C)(C)C(C)(C)O2)cc(C)c1N. The molecule has 1 aliphatic heterocycles. The van der Waals surface area contributed by atoms with Crippen molar-refractivity contribution in [3.05, 3.63) is 23.3 Å². The fourth-order valence-corrected chi connectivity index (χ4v) is 2.26. The molecule has 0 unspecified atom stereocenters. The minimum Gasteiger partial charge on any atom is -0.399 e. The van der Waals surface area contributed by atoms with Gasteiger partial charge in [-0.1, -0.05) is 6.07 Å². The fourth-order valence-electron chi connectivity index (χ4n) is 2.26. The molecule has 0 bridgehead atoms. The predicted molar refractivity (Wildman–Crippen MR) is 84.7 cm³/mol. The maximum absolute atomic E-state index is 11.9. The smallest absolute Gasteiger partial charge is 0.399 e. The number of carbonyl (C=O) groups excluding carboxylic acids is 1. The molecule has 0 aromatic heterocycles. The number of rotatable bonds is 2. The molecule has 1 aromatic carbocycles. The van der Waals surface area contributed by atoms with Crippen LogP contribution in [0.15, 0.2) is 12.1 Å². The number of nitrogens with two attached hydrogens (primary N) is 1. The largest absolute Gasteiger partial charge is 0.494 e. The third-order valence-electron chi connectivity index (χ3n) is 4.41. The van der Waals surface area contributed by atoms with Gasteiger partial charge in [0.25, 0.3) is 5.91 Å². The summed E-state index contributed by atoms with van der Waals surface area (Å²) in [5.74, 6) is -0.214. The molecule has 1 aliphatic rings. The van der Waals surface area contributed by atoms with Crippen molar-refractivity contribution in [2.24, 2.45) is 0 Å². The summed E-state index contributed by atoms with van der Waals surface area (Å²) in [6, 6.07) is 3.65. The lowest BCUT2D eigenvalue weighted by Crippen LogP contribution is -2.41. The van der Waals surface area contributed by atoms with Crippen molar-refractivity contribution < 1.29 is 14.1 Å². The molecule has 21 heavy (non-hydrogen) atoms. The van der Waals surface area contributed by atoms with Crippen LogP contribution >= 0.6 is 0 Å². The van der Waals surface area contributed by atoms with Gasteiger partial charge >= 0.3 is 7.12 Å². The Balaban J connectivity index is 2.43. The van der Waals surface area contributed by atoms with Crippen molar-refractivity contribution in [1.82, 2.24) is 5.32 Å². The van der Waals surface area contributed by atoms with E-state index in [4.69, 9.17) is 15.0 Å². The zero-order valence-corrected chi connectivity index (χ0v) is 13.5. The van der Waals surface area contributed by atoms with Crippen LogP contribution in [-0.2, 0) is 9.31 Å². The first kappa shape index (κ1) is 15.9. The van der Waals surface area contributed by atoms with Crippen molar-refractivity contribution >= 4 is 24.2 Å². The first-order valence-electron chi connectivity index (χ1n) is 7.07. The van der Waals surface area contributed by atoms with Crippen molar-refractivity contribution in [2.45, 2.75) is 45.8 Å². The van der Waals surface area contributed by atoms with Crippen molar-refractivity contribution in [2.75, 3.05) is 12.8 Å². The lowest BCUT2D eigenvalue weighted by molar-refractivity contribution is 0.00578. The van der Waals surface area contributed by atoms with Gasteiger partial charge in [0, 0.05) is 12.7 Å². The topological polar surface area (TPSA) is 73.6 Å². The first-order chi connectivity index (χ1) is 9.59. The van der Waals surface area contributed by atoms with E-state index < -0.39 is 18.3 Å². The number of nitrogen functional groups attached to an aromatic ring is 1. The molecule has 0 spiro atoms. The summed E-state index contributed by atoms with van der Waals surface area (Å²) >= 11 is 0. The van der Waals surface area contributed by atoms with Crippen molar-refractivity contribution in [3.63, 3.8) is 0 Å². The minimum absolute atomic E-state index is 0.214. The molecular weight excluding hydrogens is 267 g/mol. The molecule has 1 amide bonds. The van der Waals surface area contributed by atoms with Gasteiger partial charge in [-0.2, -0.15) is 0 Å². The molecule has 6 heteroatoms. The molecule has 1 heterocycles. The Morgan fingerprint density at radius 1 is 1.19 bits per heavy atom. The molecule has 0 radical (unpaired) electrons. The number of amides is 1. The van der Waals surface area contributed by atoms with Crippen LogP contribution in [0, 0.1) is 6.92 Å². The fraction of sp³-hybridized carbons (Fsp3) is 0.533. The lowest BCUT2D eigenvalue weighted by atomic mass is 9.77. The van der Waals surface area contributed by atoms with Gasteiger partial charge < -0.3 is 20.4 Å². The number of carbonyl (C=O) groups is 1. The van der Waals surface area contributed by atoms with Gasteiger partial charge in [-0.05, 0) is 51.7 Å². The number of aryl methyl sites for hydroxylation is 1. The zero-order chi connectivity index (χ0) is 16.0. The summed E-state index contributed by atoms with van der Waals surface area (Å²) in [5.41, 5.74) is 7.72. The van der Waals surface area contributed by atoms with Crippen LogP contribution in [0.3, 0.4) is 0 Å². The van der Waals surface area contributed by atoms with E-state index >= 15 is 0 Å². The van der Waals surface area contributed by atoms with Gasteiger partial charge in [-0.25, -0.2) is 0 Å². The summed E-state index contributed by atoms with van der Waals surface area (Å²) in [4.78, 5) is 11.9. The van der Waals surface area contributed by atoms with Crippen LogP contribution in [0.1, 0.15) is 43.6 Å². The maximum atomic E-state index is 11.9. The molecule has 114 valence electrons. The quantitative estimate of drug-likeness (QED) is 0.635. The van der Waals surface area contributed by atoms with E-state index in [1.807, 2.05) is 40.7 Å². The molecule has 1 aromatic rings.